The van der Waals surface area contributed by atoms with Crippen molar-refractivity contribution in [2.24, 2.45) is 0 Å². The number of para-hydroxylation sites is 1. The Morgan fingerprint density at radius 1 is 0.778 bits per heavy atom. The van der Waals surface area contributed by atoms with Crippen molar-refractivity contribution in [3.8, 4) is 0 Å². The van der Waals surface area contributed by atoms with Crippen LogP contribution in [0.3, 0.4) is 0 Å². The molecule has 0 saturated carbocycles. The highest BCUT2D eigenvalue weighted by atomic mass is 32.2. The van der Waals surface area contributed by atoms with Gasteiger partial charge in [0.15, 0.2) is 0 Å². The Bertz CT molecular complexity index is 1400. The van der Waals surface area contributed by atoms with Crippen molar-refractivity contribution in [3.63, 3.8) is 0 Å². The Morgan fingerprint density at radius 3 is 2.19 bits per heavy atom. The van der Waals surface area contributed by atoms with E-state index < -0.39 is 0 Å². The molecular formula is C23H16N2S2. The average Bonchev–Trinajstić information content (AvgIpc) is 3.23. The van der Waals surface area contributed by atoms with Gasteiger partial charge in [0.2, 0.25) is 0 Å². The second-order valence-electron chi connectivity index (χ2n) is 6.87. The highest BCUT2D eigenvalue weighted by Gasteiger charge is 2.24. The molecule has 0 unspecified atom stereocenters. The average molecular weight is 385 g/mol. The molecule has 3 heterocycles. The first-order valence-electron chi connectivity index (χ1n) is 8.91. The molecule has 3 aromatic carbocycles. The Morgan fingerprint density at radius 2 is 1.44 bits per heavy atom. The number of aryl methyl sites for hydroxylation is 1. The van der Waals surface area contributed by atoms with Gasteiger partial charge in [-0.1, -0.05) is 66.5 Å². The lowest BCUT2D eigenvalue weighted by atomic mass is 10.1. The lowest BCUT2D eigenvalue weighted by Gasteiger charge is -2.19. The Kier molecular flexibility index (Phi) is 3.14. The first-order chi connectivity index (χ1) is 13.2. The number of fused-ring (bicyclic) bond motifs is 8. The zero-order chi connectivity index (χ0) is 18.1. The number of benzene rings is 3. The van der Waals surface area contributed by atoms with Crippen LogP contribution in [0.1, 0.15) is 11.3 Å². The molecule has 6 rings (SSSR count). The number of rotatable bonds is 1. The van der Waals surface area contributed by atoms with Crippen molar-refractivity contribution >= 4 is 62.3 Å². The number of H-pyrrole nitrogens is 2. The quantitative estimate of drug-likeness (QED) is 0.310. The third-order valence-electron chi connectivity index (χ3n) is 5.35. The van der Waals surface area contributed by atoms with E-state index in [9.17, 15) is 0 Å². The van der Waals surface area contributed by atoms with Crippen molar-refractivity contribution < 1.29 is 0 Å². The van der Waals surface area contributed by atoms with E-state index in [1.165, 1.54) is 63.5 Å². The van der Waals surface area contributed by atoms with Crippen LogP contribution in [0.25, 0.3) is 38.8 Å². The Balaban J connectivity index is 1.61. The minimum Gasteiger partial charge on any atom is -0.357 e. The molecule has 2 aromatic heterocycles. The summed E-state index contributed by atoms with van der Waals surface area (Å²) in [6.07, 6.45) is 1.95. The van der Waals surface area contributed by atoms with Crippen LogP contribution in [-0.4, -0.2) is 9.97 Å². The summed E-state index contributed by atoms with van der Waals surface area (Å²) in [5.74, 6) is 0. The normalized spacial score (nSPS) is 13.2. The molecule has 0 saturated heterocycles. The fourth-order valence-electron chi connectivity index (χ4n) is 4.09. The fourth-order valence-corrected chi connectivity index (χ4v) is 6.55. The lowest BCUT2D eigenvalue weighted by Crippen LogP contribution is -1.92. The molecule has 130 valence electrons. The first-order valence-corrected chi connectivity index (χ1v) is 10.5. The van der Waals surface area contributed by atoms with Crippen LogP contribution >= 0.6 is 23.5 Å². The molecule has 1 aliphatic rings. The monoisotopic (exact) mass is 384 g/mol. The van der Waals surface area contributed by atoms with Crippen LogP contribution < -0.4 is 0 Å². The van der Waals surface area contributed by atoms with E-state index in [2.05, 4.69) is 72.0 Å². The number of hydrogen-bond acceptors (Lipinski definition) is 2. The van der Waals surface area contributed by atoms with Gasteiger partial charge in [-0.3, -0.25) is 0 Å². The van der Waals surface area contributed by atoms with Crippen molar-refractivity contribution in [1.29, 1.82) is 0 Å². The molecule has 0 fully saturated rings. The van der Waals surface area contributed by atoms with E-state index in [1.54, 1.807) is 0 Å². The summed E-state index contributed by atoms with van der Waals surface area (Å²) < 4.78 is 0. The highest BCUT2D eigenvalue weighted by Crippen LogP contribution is 2.53. The van der Waals surface area contributed by atoms with Gasteiger partial charge in [-0.25, -0.2) is 0 Å². The fraction of sp³-hybridized carbons (Fsp3) is 0.0435. The van der Waals surface area contributed by atoms with Gasteiger partial charge in [0, 0.05) is 42.7 Å². The van der Waals surface area contributed by atoms with Gasteiger partial charge in [-0.15, -0.1) is 0 Å². The molecule has 0 amide bonds. The van der Waals surface area contributed by atoms with E-state index in [0.29, 0.717) is 0 Å². The number of hydrogen-bond donors (Lipinski definition) is 2. The van der Waals surface area contributed by atoms with Gasteiger partial charge in [0.25, 0.3) is 0 Å². The molecule has 0 bridgehead atoms. The largest absolute Gasteiger partial charge is 0.357 e. The third-order valence-corrected chi connectivity index (χ3v) is 7.99. The smallest absolute Gasteiger partial charge is 0.0618 e. The minimum absolute atomic E-state index is 1.18. The third kappa shape index (κ3) is 2.05. The molecule has 27 heavy (non-hydrogen) atoms. The van der Waals surface area contributed by atoms with Crippen molar-refractivity contribution in [3.05, 3.63) is 66.4 Å². The molecule has 0 atom stereocenters. The van der Waals surface area contributed by atoms with E-state index >= 15 is 0 Å². The predicted molar refractivity (Wildman–Crippen MR) is 117 cm³/mol. The summed E-state index contributed by atoms with van der Waals surface area (Å²) in [4.78, 5) is 12.5. The van der Waals surface area contributed by atoms with Crippen LogP contribution in [0.2, 0.25) is 0 Å². The second-order valence-corrected chi connectivity index (χ2v) is 8.98. The maximum atomic E-state index is 3.98. The number of aromatic nitrogens is 2. The second kappa shape index (κ2) is 5.47. The van der Waals surface area contributed by atoms with Crippen LogP contribution in [0.4, 0.5) is 0 Å². The summed E-state index contributed by atoms with van der Waals surface area (Å²) in [7, 11) is 0. The molecule has 2 N–H and O–H groups in total. The van der Waals surface area contributed by atoms with Crippen LogP contribution in [0.5, 0.6) is 0 Å². The summed E-state index contributed by atoms with van der Waals surface area (Å²) in [5.41, 5.74) is 6.04. The van der Waals surface area contributed by atoms with Gasteiger partial charge in [-0.2, -0.15) is 0 Å². The van der Waals surface area contributed by atoms with Gasteiger partial charge >= 0.3 is 0 Å². The van der Waals surface area contributed by atoms with E-state index in [1.807, 2.05) is 29.6 Å². The predicted octanol–water partition coefficient (Wildman–Crippen LogP) is 7.37. The maximum Gasteiger partial charge on any atom is 0.0618 e. The molecule has 4 heteroatoms. The molecule has 0 spiro atoms. The molecule has 0 radical (unpaired) electrons. The minimum atomic E-state index is 1.18. The van der Waals surface area contributed by atoms with Crippen molar-refractivity contribution in [1.82, 2.24) is 9.97 Å². The van der Waals surface area contributed by atoms with E-state index in [4.69, 9.17) is 0 Å². The topological polar surface area (TPSA) is 31.6 Å². The zero-order valence-corrected chi connectivity index (χ0v) is 16.4. The molecular weight excluding hydrogens is 368 g/mol. The van der Waals surface area contributed by atoms with Gasteiger partial charge in [-0.05, 0) is 25.1 Å². The van der Waals surface area contributed by atoms with Crippen molar-refractivity contribution in [2.75, 3.05) is 0 Å². The number of aromatic amines is 2. The Labute approximate surface area is 165 Å². The van der Waals surface area contributed by atoms with E-state index in [0.717, 1.165) is 0 Å². The summed E-state index contributed by atoms with van der Waals surface area (Å²) in [6.45, 7) is 6.10. The molecule has 0 aliphatic carbocycles. The van der Waals surface area contributed by atoms with Gasteiger partial charge in [0.1, 0.15) is 0 Å². The zero-order valence-electron chi connectivity index (χ0n) is 14.7. The summed E-state index contributed by atoms with van der Waals surface area (Å²) in [6, 6.07) is 17.5. The standard InChI is InChI=1S/C23H16N2S2/c1-3-13-12(2)24-20-15(13)8-10-18-22(20)26-19-11-9-16-14-6-4-5-7-17(14)25-21(16)23(19)27-18/h3-11,24-25H,1H2,2H3. The Hall–Kier alpha value is -2.56. The van der Waals surface area contributed by atoms with Crippen LogP contribution in [0.15, 0.2) is 74.7 Å². The first kappa shape index (κ1) is 15.5. The van der Waals surface area contributed by atoms with Crippen LogP contribution in [-0.2, 0) is 0 Å². The van der Waals surface area contributed by atoms with Gasteiger partial charge < -0.3 is 9.97 Å². The number of nitrogens with one attached hydrogen (secondary N) is 2. The molecule has 2 nitrogen and oxygen atoms in total. The lowest BCUT2D eigenvalue weighted by molar-refractivity contribution is 1.17. The summed E-state index contributed by atoms with van der Waals surface area (Å²) in [5, 5.41) is 3.84. The van der Waals surface area contributed by atoms with E-state index in [-0.39, 0.29) is 0 Å². The summed E-state index contributed by atoms with van der Waals surface area (Å²) >= 11 is 3.73. The maximum absolute atomic E-state index is 3.98. The van der Waals surface area contributed by atoms with Crippen LogP contribution in [0, 0.1) is 6.92 Å². The molecule has 1 aliphatic heterocycles. The van der Waals surface area contributed by atoms with Crippen molar-refractivity contribution in [2.45, 2.75) is 26.5 Å². The van der Waals surface area contributed by atoms with Gasteiger partial charge in [0.05, 0.1) is 20.8 Å². The highest BCUT2D eigenvalue weighted by molar-refractivity contribution is 8.05. The SMILES string of the molecule is C=Cc1c(C)[nH]c2c3c(ccc12)Sc1c(ccc2c1[nH]c1ccccc12)S3. The molecule has 5 aromatic rings.